The van der Waals surface area contributed by atoms with Crippen molar-refractivity contribution < 1.29 is 9.53 Å². The predicted molar refractivity (Wildman–Crippen MR) is 113 cm³/mol. The predicted octanol–water partition coefficient (Wildman–Crippen LogP) is 4.01. The molecule has 1 aliphatic rings. The van der Waals surface area contributed by atoms with Crippen LogP contribution in [0.5, 0.6) is 11.6 Å². The summed E-state index contributed by atoms with van der Waals surface area (Å²) >= 11 is 0. The van der Waals surface area contributed by atoms with Crippen molar-refractivity contribution in [2.45, 2.75) is 38.3 Å². The standard InChI is InChI=1S/C24H25N3O2/c25-24(28)20-10-12-23(27-16-20)29-22-11-9-19-13-21(8-4-7-18(19)14-22)26-15-17-5-2-1-3-6-17/h1-3,5-6,9-12,14,16,21,26H,4,7-8,13,15H2,(H2,25,28). The van der Waals surface area contributed by atoms with Gasteiger partial charge in [-0.3, -0.25) is 4.79 Å². The van der Waals surface area contributed by atoms with Crippen molar-refractivity contribution in [2.24, 2.45) is 5.73 Å². The highest BCUT2D eigenvalue weighted by molar-refractivity contribution is 5.92. The molecule has 0 bridgehead atoms. The summed E-state index contributed by atoms with van der Waals surface area (Å²) in [5.74, 6) is 0.717. The molecule has 2 aromatic carbocycles. The van der Waals surface area contributed by atoms with Crippen molar-refractivity contribution >= 4 is 5.91 Å². The Kier molecular flexibility index (Phi) is 5.86. The van der Waals surface area contributed by atoms with E-state index in [0.29, 0.717) is 17.5 Å². The second kappa shape index (κ2) is 8.88. The summed E-state index contributed by atoms with van der Waals surface area (Å²) in [6.07, 6.45) is 5.81. The number of nitrogens with one attached hydrogen (secondary N) is 1. The lowest BCUT2D eigenvalue weighted by Crippen LogP contribution is -2.30. The van der Waals surface area contributed by atoms with E-state index in [1.54, 1.807) is 12.1 Å². The van der Waals surface area contributed by atoms with Crippen LogP contribution in [0.3, 0.4) is 0 Å². The highest BCUT2D eigenvalue weighted by Gasteiger charge is 2.17. The molecule has 148 valence electrons. The Hall–Kier alpha value is -3.18. The summed E-state index contributed by atoms with van der Waals surface area (Å²) < 4.78 is 5.87. The number of nitrogens with zero attached hydrogens (tertiary/aromatic N) is 1. The molecule has 29 heavy (non-hydrogen) atoms. The maximum Gasteiger partial charge on any atom is 0.250 e. The van der Waals surface area contributed by atoms with Gasteiger partial charge in [0.15, 0.2) is 0 Å². The normalized spacial score (nSPS) is 15.9. The van der Waals surface area contributed by atoms with E-state index in [0.717, 1.165) is 38.0 Å². The van der Waals surface area contributed by atoms with Gasteiger partial charge in [-0.05, 0) is 60.6 Å². The zero-order chi connectivity index (χ0) is 20.1. The fourth-order valence-electron chi connectivity index (χ4n) is 3.74. The van der Waals surface area contributed by atoms with Gasteiger partial charge in [0.25, 0.3) is 0 Å². The maximum absolute atomic E-state index is 11.2. The Morgan fingerprint density at radius 3 is 2.72 bits per heavy atom. The van der Waals surface area contributed by atoms with E-state index in [4.69, 9.17) is 10.5 Å². The molecule has 1 aromatic heterocycles. The van der Waals surface area contributed by atoms with Crippen LogP contribution in [0.25, 0.3) is 0 Å². The quantitative estimate of drug-likeness (QED) is 0.627. The van der Waals surface area contributed by atoms with Crippen LogP contribution < -0.4 is 15.8 Å². The van der Waals surface area contributed by atoms with Crippen LogP contribution in [-0.4, -0.2) is 16.9 Å². The van der Waals surface area contributed by atoms with Crippen molar-refractivity contribution in [3.8, 4) is 11.6 Å². The lowest BCUT2D eigenvalue weighted by molar-refractivity contribution is 0.1000. The van der Waals surface area contributed by atoms with Crippen LogP contribution in [0.1, 0.15) is 39.9 Å². The third kappa shape index (κ3) is 5.00. The number of primary amides is 1. The number of pyridine rings is 1. The molecular formula is C24H25N3O2. The number of carbonyl (C=O) groups is 1. The smallest absolute Gasteiger partial charge is 0.250 e. The zero-order valence-electron chi connectivity index (χ0n) is 16.3. The van der Waals surface area contributed by atoms with Gasteiger partial charge in [-0.25, -0.2) is 4.98 Å². The number of aromatic nitrogens is 1. The molecule has 3 aromatic rings. The van der Waals surface area contributed by atoms with Gasteiger partial charge in [-0.15, -0.1) is 0 Å². The summed E-state index contributed by atoms with van der Waals surface area (Å²) in [5.41, 5.74) is 9.64. The number of ether oxygens (including phenoxy) is 1. The summed E-state index contributed by atoms with van der Waals surface area (Å²) in [6, 6.07) is 20.5. The first-order valence-corrected chi connectivity index (χ1v) is 10.0. The first-order chi connectivity index (χ1) is 14.2. The monoisotopic (exact) mass is 387 g/mol. The van der Waals surface area contributed by atoms with E-state index >= 15 is 0 Å². The maximum atomic E-state index is 11.2. The third-order valence-corrected chi connectivity index (χ3v) is 5.32. The number of fused-ring (bicyclic) bond motifs is 1. The molecule has 1 heterocycles. The molecule has 4 rings (SSSR count). The minimum absolute atomic E-state index is 0.369. The molecule has 0 aliphatic heterocycles. The molecular weight excluding hydrogens is 362 g/mol. The zero-order valence-corrected chi connectivity index (χ0v) is 16.3. The minimum atomic E-state index is -0.496. The molecule has 1 atom stereocenters. The number of hydrogen-bond donors (Lipinski definition) is 2. The first kappa shape index (κ1) is 19.2. The van der Waals surface area contributed by atoms with Gasteiger partial charge in [0, 0.05) is 24.8 Å². The summed E-state index contributed by atoms with van der Waals surface area (Å²) in [7, 11) is 0. The third-order valence-electron chi connectivity index (χ3n) is 5.32. The van der Waals surface area contributed by atoms with Crippen molar-refractivity contribution in [3.05, 3.63) is 89.1 Å². The van der Waals surface area contributed by atoms with Gasteiger partial charge in [0.05, 0.1) is 5.56 Å². The largest absolute Gasteiger partial charge is 0.439 e. The molecule has 5 heteroatoms. The van der Waals surface area contributed by atoms with Gasteiger partial charge < -0.3 is 15.8 Å². The van der Waals surface area contributed by atoms with Crippen molar-refractivity contribution in [1.29, 1.82) is 0 Å². The van der Waals surface area contributed by atoms with Gasteiger partial charge in [0.1, 0.15) is 5.75 Å². The Bertz CT molecular complexity index is 971. The molecule has 0 saturated carbocycles. The van der Waals surface area contributed by atoms with Crippen LogP contribution >= 0.6 is 0 Å². The number of hydrogen-bond acceptors (Lipinski definition) is 4. The summed E-state index contributed by atoms with van der Waals surface area (Å²) in [5, 5.41) is 3.71. The Balaban J connectivity index is 1.41. The molecule has 0 spiro atoms. The Morgan fingerprint density at radius 2 is 1.97 bits per heavy atom. The van der Waals surface area contributed by atoms with E-state index in [-0.39, 0.29) is 0 Å². The molecule has 1 amide bonds. The van der Waals surface area contributed by atoms with Crippen LogP contribution in [0.2, 0.25) is 0 Å². The van der Waals surface area contributed by atoms with Gasteiger partial charge in [-0.2, -0.15) is 0 Å². The Morgan fingerprint density at radius 1 is 1.10 bits per heavy atom. The average molecular weight is 387 g/mol. The molecule has 5 nitrogen and oxygen atoms in total. The van der Waals surface area contributed by atoms with Crippen molar-refractivity contribution in [1.82, 2.24) is 10.3 Å². The van der Waals surface area contributed by atoms with E-state index < -0.39 is 5.91 Å². The fraction of sp³-hybridized carbons (Fsp3) is 0.250. The second-order valence-electron chi connectivity index (χ2n) is 7.44. The van der Waals surface area contributed by atoms with Crippen LogP contribution in [0, 0.1) is 0 Å². The van der Waals surface area contributed by atoms with E-state index in [1.807, 2.05) is 12.1 Å². The lowest BCUT2D eigenvalue weighted by Gasteiger charge is -2.17. The number of rotatable bonds is 6. The first-order valence-electron chi connectivity index (χ1n) is 10.0. The molecule has 1 aliphatic carbocycles. The molecule has 0 radical (unpaired) electrons. The molecule has 0 fully saturated rings. The highest BCUT2D eigenvalue weighted by Crippen LogP contribution is 2.27. The van der Waals surface area contributed by atoms with Crippen molar-refractivity contribution in [2.75, 3.05) is 0 Å². The number of benzene rings is 2. The van der Waals surface area contributed by atoms with Gasteiger partial charge >= 0.3 is 0 Å². The molecule has 1 unspecified atom stereocenters. The average Bonchev–Trinajstić information content (AvgIpc) is 2.95. The van der Waals surface area contributed by atoms with Crippen LogP contribution in [-0.2, 0) is 19.4 Å². The van der Waals surface area contributed by atoms with Gasteiger partial charge in [0.2, 0.25) is 11.8 Å². The lowest BCUT2D eigenvalue weighted by atomic mass is 10.0. The minimum Gasteiger partial charge on any atom is -0.439 e. The highest BCUT2D eigenvalue weighted by atomic mass is 16.5. The van der Waals surface area contributed by atoms with Crippen LogP contribution in [0.4, 0.5) is 0 Å². The number of nitrogens with two attached hydrogens (primary N) is 1. The van der Waals surface area contributed by atoms with Crippen molar-refractivity contribution in [3.63, 3.8) is 0 Å². The van der Waals surface area contributed by atoms with Gasteiger partial charge in [-0.1, -0.05) is 36.4 Å². The topological polar surface area (TPSA) is 77.2 Å². The second-order valence-corrected chi connectivity index (χ2v) is 7.44. The molecule has 3 N–H and O–H groups in total. The number of amides is 1. The Labute approximate surface area is 170 Å². The number of carbonyl (C=O) groups excluding carboxylic acids is 1. The van der Waals surface area contributed by atoms with E-state index in [9.17, 15) is 4.79 Å². The SMILES string of the molecule is NC(=O)c1ccc(Oc2ccc3c(c2)CCCC(NCc2ccccc2)C3)nc1. The summed E-state index contributed by atoms with van der Waals surface area (Å²) in [4.78, 5) is 15.3. The fourth-order valence-corrected chi connectivity index (χ4v) is 3.74. The van der Waals surface area contributed by atoms with Crippen LogP contribution in [0.15, 0.2) is 66.9 Å². The van der Waals surface area contributed by atoms with E-state index in [1.165, 1.54) is 22.9 Å². The molecule has 0 saturated heterocycles. The number of aryl methyl sites for hydroxylation is 1. The summed E-state index contributed by atoms with van der Waals surface area (Å²) in [6.45, 7) is 0.898. The van der Waals surface area contributed by atoms with E-state index in [2.05, 4.69) is 46.7 Å².